The maximum Gasteiger partial charge on any atom is 0.160 e. The molecule has 0 aliphatic heterocycles. The molecule has 5 heteroatoms. The van der Waals surface area contributed by atoms with Gasteiger partial charge in [-0.25, -0.2) is 15.0 Å². The molecule has 4 heterocycles. The fourth-order valence-corrected chi connectivity index (χ4v) is 9.98. The SMILES string of the molecule is c1ccc(-c2cc(-c3ccc4c(c3)sc3ccccc34)nc(-c3ccc4sc5c(ccc6c(-c7ccccc7)nc7ccccc7c65)c4c3)n2)cc1. The average Bonchev–Trinajstić information content (AvgIpc) is 3.78. The van der Waals surface area contributed by atoms with Crippen LogP contribution in [0.5, 0.6) is 0 Å². The Labute approximate surface area is 307 Å². The molecule has 52 heavy (non-hydrogen) atoms. The van der Waals surface area contributed by atoms with Gasteiger partial charge in [-0.2, -0.15) is 0 Å². The van der Waals surface area contributed by atoms with Crippen LogP contribution in [0.4, 0.5) is 0 Å². The topological polar surface area (TPSA) is 38.7 Å². The van der Waals surface area contributed by atoms with E-state index >= 15 is 0 Å². The van der Waals surface area contributed by atoms with Gasteiger partial charge in [-0.3, -0.25) is 0 Å². The first-order valence-electron chi connectivity index (χ1n) is 17.3. The van der Waals surface area contributed by atoms with Crippen LogP contribution in [-0.2, 0) is 0 Å². The molecule has 0 saturated heterocycles. The van der Waals surface area contributed by atoms with Gasteiger partial charge in [-0.1, -0.05) is 121 Å². The maximum atomic E-state index is 5.26. The van der Waals surface area contributed by atoms with Crippen LogP contribution in [0.1, 0.15) is 0 Å². The Morgan fingerprint density at radius 2 is 0.981 bits per heavy atom. The largest absolute Gasteiger partial charge is 0.247 e. The summed E-state index contributed by atoms with van der Waals surface area (Å²) >= 11 is 3.68. The number of hydrogen-bond acceptors (Lipinski definition) is 5. The zero-order chi connectivity index (χ0) is 34.2. The third-order valence-corrected chi connectivity index (χ3v) is 12.4. The second kappa shape index (κ2) is 11.6. The first-order chi connectivity index (χ1) is 25.7. The average molecular weight is 698 g/mol. The molecule has 242 valence electrons. The van der Waals surface area contributed by atoms with Crippen LogP contribution in [0, 0.1) is 0 Å². The summed E-state index contributed by atoms with van der Waals surface area (Å²) in [5.41, 5.74) is 8.12. The van der Waals surface area contributed by atoms with Gasteiger partial charge in [-0.05, 0) is 42.5 Å². The number of hydrogen-bond donors (Lipinski definition) is 0. The first kappa shape index (κ1) is 29.5. The standard InChI is InChI=1S/C47H27N3S2/c1-3-11-28(12-4-1)39-27-40(30-19-21-33-32-15-8-10-18-41(32)51-43(33)26-30)50-47(49-39)31-20-24-42-37(25-31)34-22-23-36-44(46(34)52-42)35-16-7-9-17-38(35)48-45(36)29-13-5-2-6-14-29/h1-27H. The number of aromatic nitrogens is 3. The van der Waals surface area contributed by atoms with Crippen LogP contribution in [0.2, 0.25) is 0 Å². The summed E-state index contributed by atoms with van der Waals surface area (Å²) in [5, 5.41) is 8.63. The van der Waals surface area contributed by atoms with Crippen LogP contribution in [0.3, 0.4) is 0 Å². The van der Waals surface area contributed by atoms with Crippen LogP contribution in [0.15, 0.2) is 164 Å². The van der Waals surface area contributed by atoms with Gasteiger partial charge in [0.25, 0.3) is 0 Å². The van der Waals surface area contributed by atoms with Crippen LogP contribution >= 0.6 is 22.7 Å². The molecule has 0 aliphatic rings. The molecular weight excluding hydrogens is 671 g/mol. The number of pyridine rings is 1. The van der Waals surface area contributed by atoms with Crippen molar-refractivity contribution in [2.24, 2.45) is 0 Å². The molecule has 0 spiro atoms. The second-order valence-electron chi connectivity index (χ2n) is 13.2. The van der Waals surface area contributed by atoms with E-state index in [-0.39, 0.29) is 0 Å². The molecule has 0 bridgehead atoms. The zero-order valence-corrected chi connectivity index (χ0v) is 29.4. The lowest BCUT2D eigenvalue weighted by atomic mass is 9.98. The van der Waals surface area contributed by atoms with Gasteiger partial charge >= 0.3 is 0 Å². The molecule has 0 amide bonds. The fourth-order valence-electron chi connectivity index (χ4n) is 7.59. The highest BCUT2D eigenvalue weighted by atomic mass is 32.1. The van der Waals surface area contributed by atoms with Crippen LogP contribution < -0.4 is 0 Å². The summed E-state index contributed by atoms with van der Waals surface area (Å²) in [6.45, 7) is 0. The molecule has 3 nitrogen and oxygen atoms in total. The minimum absolute atomic E-state index is 0.718. The first-order valence-corrected chi connectivity index (χ1v) is 19.0. The molecule has 11 rings (SSSR count). The van der Waals surface area contributed by atoms with Gasteiger partial charge in [0, 0.05) is 78.8 Å². The van der Waals surface area contributed by atoms with Gasteiger partial charge in [0.05, 0.1) is 22.6 Å². The Morgan fingerprint density at radius 1 is 0.346 bits per heavy atom. The van der Waals surface area contributed by atoms with E-state index in [1.165, 1.54) is 56.5 Å². The van der Waals surface area contributed by atoms with E-state index in [0.717, 1.165) is 50.7 Å². The Hall–Kier alpha value is -6.27. The molecule has 0 saturated carbocycles. The van der Waals surface area contributed by atoms with E-state index in [0.29, 0.717) is 0 Å². The number of rotatable bonds is 4. The van der Waals surface area contributed by atoms with Gasteiger partial charge in [0.15, 0.2) is 5.82 Å². The number of para-hydroxylation sites is 1. The van der Waals surface area contributed by atoms with E-state index in [1.54, 1.807) is 0 Å². The highest BCUT2D eigenvalue weighted by Crippen LogP contribution is 2.44. The highest BCUT2D eigenvalue weighted by Gasteiger charge is 2.18. The number of thiophene rings is 2. The molecule has 4 aromatic heterocycles. The minimum atomic E-state index is 0.718. The Kier molecular flexibility index (Phi) is 6.59. The Bertz CT molecular complexity index is 3180. The van der Waals surface area contributed by atoms with Crippen molar-refractivity contribution >= 4 is 84.7 Å². The van der Waals surface area contributed by atoms with E-state index in [4.69, 9.17) is 15.0 Å². The van der Waals surface area contributed by atoms with Crippen molar-refractivity contribution < 1.29 is 0 Å². The predicted octanol–water partition coefficient (Wildman–Crippen LogP) is 13.6. The highest BCUT2D eigenvalue weighted by molar-refractivity contribution is 7.27. The van der Waals surface area contributed by atoms with Gasteiger partial charge < -0.3 is 0 Å². The predicted molar refractivity (Wildman–Crippen MR) is 222 cm³/mol. The van der Waals surface area contributed by atoms with Crippen molar-refractivity contribution in [2.45, 2.75) is 0 Å². The summed E-state index contributed by atoms with van der Waals surface area (Å²) in [7, 11) is 0. The lowest BCUT2D eigenvalue weighted by molar-refractivity contribution is 1.19. The molecule has 0 atom stereocenters. The van der Waals surface area contributed by atoms with Gasteiger partial charge in [0.2, 0.25) is 0 Å². The van der Waals surface area contributed by atoms with Crippen LogP contribution in [-0.4, -0.2) is 15.0 Å². The van der Waals surface area contributed by atoms with E-state index in [9.17, 15) is 0 Å². The summed E-state index contributed by atoms with van der Waals surface area (Å²) in [5.74, 6) is 0.718. The van der Waals surface area contributed by atoms with Crippen molar-refractivity contribution in [3.8, 4) is 45.2 Å². The molecule has 0 unspecified atom stereocenters. The third kappa shape index (κ3) is 4.67. The third-order valence-electron chi connectivity index (χ3n) is 10.1. The molecule has 0 radical (unpaired) electrons. The number of benzene rings is 7. The minimum Gasteiger partial charge on any atom is -0.247 e. The maximum absolute atomic E-state index is 5.26. The van der Waals surface area contributed by atoms with Crippen molar-refractivity contribution in [3.05, 3.63) is 164 Å². The lowest BCUT2D eigenvalue weighted by Gasteiger charge is -2.11. The summed E-state index contributed by atoms with van der Waals surface area (Å²) in [6, 6.07) is 58.2. The zero-order valence-electron chi connectivity index (χ0n) is 27.7. The van der Waals surface area contributed by atoms with Crippen molar-refractivity contribution in [2.75, 3.05) is 0 Å². The van der Waals surface area contributed by atoms with Crippen molar-refractivity contribution in [1.82, 2.24) is 15.0 Å². The quantitative estimate of drug-likeness (QED) is 0.172. The molecule has 11 aromatic rings. The monoisotopic (exact) mass is 697 g/mol. The Balaban J connectivity index is 1.12. The molecule has 0 aliphatic carbocycles. The van der Waals surface area contributed by atoms with E-state index < -0.39 is 0 Å². The number of fused-ring (bicyclic) bond motifs is 10. The Morgan fingerprint density at radius 3 is 1.83 bits per heavy atom. The molecular formula is C47H27N3S2. The molecule has 0 fully saturated rings. The van der Waals surface area contributed by atoms with Crippen LogP contribution in [0.25, 0.3) is 107 Å². The molecule has 7 aromatic carbocycles. The van der Waals surface area contributed by atoms with E-state index in [1.807, 2.05) is 28.7 Å². The normalized spacial score (nSPS) is 11.8. The van der Waals surface area contributed by atoms with Gasteiger partial charge in [-0.15, -0.1) is 22.7 Å². The van der Waals surface area contributed by atoms with Gasteiger partial charge in [0.1, 0.15) is 0 Å². The van der Waals surface area contributed by atoms with E-state index in [2.05, 4.69) is 158 Å². The summed E-state index contributed by atoms with van der Waals surface area (Å²) < 4.78 is 5.07. The summed E-state index contributed by atoms with van der Waals surface area (Å²) in [4.78, 5) is 15.6. The summed E-state index contributed by atoms with van der Waals surface area (Å²) in [6.07, 6.45) is 0. The number of nitrogens with zero attached hydrogens (tertiary/aromatic N) is 3. The smallest absolute Gasteiger partial charge is 0.160 e. The lowest BCUT2D eigenvalue weighted by Crippen LogP contribution is -1.95. The fraction of sp³-hybridized carbons (Fsp3) is 0. The molecule has 0 N–H and O–H groups in total. The van der Waals surface area contributed by atoms with Crippen molar-refractivity contribution in [1.29, 1.82) is 0 Å². The van der Waals surface area contributed by atoms with Crippen molar-refractivity contribution in [3.63, 3.8) is 0 Å². The second-order valence-corrected chi connectivity index (χ2v) is 15.3.